The van der Waals surface area contributed by atoms with Crippen LogP contribution >= 0.6 is 0 Å². The molecule has 2 aliphatic heterocycles. The fourth-order valence-corrected chi connectivity index (χ4v) is 10.4. The molecule has 0 fully saturated rings. The van der Waals surface area contributed by atoms with Crippen molar-refractivity contribution in [3.05, 3.63) is 203 Å². The fourth-order valence-electron chi connectivity index (χ4n) is 10.4. The highest BCUT2D eigenvalue weighted by atomic mass is 16.5. The maximum absolute atomic E-state index is 13.8. The number of carbonyl (C=O) groups is 8. The van der Waals surface area contributed by atoms with Gasteiger partial charge < -0.3 is 58.3 Å². The minimum Gasteiger partial charge on any atom is -0.497 e. The smallest absolute Gasteiger partial charge is 0.328 e. The first-order valence-corrected chi connectivity index (χ1v) is 30.3. The van der Waals surface area contributed by atoms with Gasteiger partial charge in [0.2, 0.25) is 23.6 Å². The molecule has 20 heteroatoms. The molecular formula is C73H84N4O16. The zero-order valence-corrected chi connectivity index (χ0v) is 52.8. The molecule has 6 aromatic carbocycles. The molecule has 20 nitrogen and oxygen atoms in total. The van der Waals surface area contributed by atoms with E-state index in [9.17, 15) is 38.4 Å². The van der Waals surface area contributed by atoms with Crippen LogP contribution in [0.4, 0.5) is 0 Å². The second kappa shape index (κ2) is 37.2. The molecule has 2 aliphatic rings. The number of ether oxygens (including phenoxy) is 8. The van der Waals surface area contributed by atoms with Crippen LogP contribution in [0.2, 0.25) is 0 Å². The Morgan fingerprint density at radius 1 is 0.452 bits per heavy atom. The van der Waals surface area contributed by atoms with Gasteiger partial charge in [-0.2, -0.15) is 0 Å². The van der Waals surface area contributed by atoms with Crippen LogP contribution in [0, 0.1) is 11.8 Å². The lowest BCUT2D eigenvalue weighted by Gasteiger charge is -2.24. The number of amides is 4. The molecule has 2 N–H and O–H groups in total. The Bertz CT molecular complexity index is 3270. The van der Waals surface area contributed by atoms with Crippen molar-refractivity contribution in [1.29, 1.82) is 0 Å². The average Bonchev–Trinajstić information content (AvgIpc) is 1.67. The van der Waals surface area contributed by atoms with E-state index < -0.39 is 47.7 Å². The van der Waals surface area contributed by atoms with E-state index in [-0.39, 0.29) is 108 Å². The normalized spacial score (nSPS) is 18.6. The number of ketones is 2. The third-order valence-electron chi connectivity index (χ3n) is 15.6. The Labute approximate surface area is 544 Å². The molecule has 4 atom stereocenters. The fraction of sp³-hybridized carbons (Fsp3) is 0.342. The Balaban J connectivity index is 0.000000292. The summed E-state index contributed by atoms with van der Waals surface area (Å²) in [4.78, 5) is 111. The first kappa shape index (κ1) is 71.8. The summed E-state index contributed by atoms with van der Waals surface area (Å²) in [6.45, 7) is 1.44. The van der Waals surface area contributed by atoms with Crippen molar-refractivity contribution in [2.75, 3.05) is 69.0 Å². The molecule has 0 unspecified atom stereocenters. The number of hydrogen-bond acceptors (Lipinski definition) is 16. The number of nitrogens with one attached hydrogen (secondary N) is 2. The van der Waals surface area contributed by atoms with Crippen LogP contribution in [0.15, 0.2) is 170 Å². The van der Waals surface area contributed by atoms with E-state index >= 15 is 0 Å². The van der Waals surface area contributed by atoms with Gasteiger partial charge in [0.1, 0.15) is 59.8 Å². The number of esters is 2. The van der Waals surface area contributed by atoms with Gasteiger partial charge in [0.25, 0.3) is 0 Å². The van der Waals surface area contributed by atoms with Crippen LogP contribution in [0.25, 0.3) is 0 Å². The lowest BCUT2D eigenvalue weighted by Crippen LogP contribution is -2.45. The number of carbonyl (C=O) groups excluding carboxylic acids is 8. The van der Waals surface area contributed by atoms with Crippen LogP contribution in [0.5, 0.6) is 34.5 Å². The highest BCUT2D eigenvalue weighted by molar-refractivity contribution is 6.02. The first-order chi connectivity index (χ1) is 44.6. The number of fused-ring (bicyclic) bond motifs is 2. The quantitative estimate of drug-likeness (QED) is 0.0762. The topological polar surface area (TPSA) is 241 Å². The number of nitrogens with zero attached hydrogens (tertiary/aromatic N) is 2. The molecule has 93 heavy (non-hydrogen) atoms. The molecule has 0 aromatic heterocycles. The van der Waals surface area contributed by atoms with Gasteiger partial charge in [-0.15, -0.1) is 0 Å². The molecule has 0 saturated heterocycles. The molecule has 8 rings (SSSR count). The summed E-state index contributed by atoms with van der Waals surface area (Å²) in [7, 11) is 8.68. The summed E-state index contributed by atoms with van der Waals surface area (Å²) in [5.41, 5.74) is 4.13. The second-order valence-electron chi connectivity index (χ2n) is 21.8. The third kappa shape index (κ3) is 22.0. The van der Waals surface area contributed by atoms with E-state index in [1.807, 2.05) is 121 Å². The average molecular weight is 1270 g/mol. The van der Waals surface area contributed by atoms with Crippen molar-refractivity contribution >= 4 is 47.1 Å². The van der Waals surface area contributed by atoms with Crippen molar-refractivity contribution in [2.24, 2.45) is 11.8 Å². The van der Waals surface area contributed by atoms with Crippen molar-refractivity contribution in [3.8, 4) is 34.5 Å². The second-order valence-corrected chi connectivity index (χ2v) is 21.8. The van der Waals surface area contributed by atoms with Gasteiger partial charge in [-0.05, 0) is 109 Å². The van der Waals surface area contributed by atoms with E-state index in [1.165, 1.54) is 28.4 Å². The van der Waals surface area contributed by atoms with Crippen LogP contribution in [-0.2, 0) is 64.2 Å². The minimum absolute atomic E-state index is 0. The standard InChI is InChI=1S/2C36H40N2O8.CH4/c2*1-43-28-13-11-26(12-14-28)24-38-19-7-8-20-46-33-23-29(44-2)15-16-30(33)32(39)22-27(21-25-9-5-4-6-10-25)35(41)37-31(36(42)45-3)17-18-34(38)40;/h2*4-16,23,27,31H,17-22,24H2,1-3H3,(H,37,41);1H4/b8-7+;8-7-;/t2*27-,31-;/m00./s1. The van der Waals surface area contributed by atoms with Crippen LogP contribution < -0.4 is 39.1 Å². The zero-order valence-electron chi connectivity index (χ0n) is 52.8. The van der Waals surface area contributed by atoms with Crippen molar-refractivity contribution in [3.63, 3.8) is 0 Å². The molecule has 492 valence electrons. The van der Waals surface area contributed by atoms with Gasteiger partial charge in [0.05, 0.1) is 53.8 Å². The van der Waals surface area contributed by atoms with E-state index in [1.54, 1.807) is 72.6 Å². The lowest BCUT2D eigenvalue weighted by molar-refractivity contribution is -0.146. The predicted octanol–water partition coefficient (Wildman–Crippen LogP) is 9.74. The molecule has 0 saturated carbocycles. The van der Waals surface area contributed by atoms with Crippen LogP contribution in [0.1, 0.15) is 88.9 Å². The Morgan fingerprint density at radius 2 is 0.806 bits per heavy atom. The van der Waals surface area contributed by atoms with Gasteiger partial charge >= 0.3 is 11.9 Å². The summed E-state index contributed by atoms with van der Waals surface area (Å²) >= 11 is 0. The molecular weight excluding hydrogens is 1190 g/mol. The Hall–Kier alpha value is -10.2. The predicted molar refractivity (Wildman–Crippen MR) is 350 cm³/mol. The largest absolute Gasteiger partial charge is 0.497 e. The number of benzene rings is 6. The maximum atomic E-state index is 13.8. The number of methoxy groups -OCH3 is 6. The molecule has 0 radical (unpaired) electrons. The van der Waals surface area contributed by atoms with E-state index in [4.69, 9.17) is 37.9 Å². The molecule has 2 heterocycles. The number of rotatable bonds is 14. The SMILES string of the molecule is C.COC(=O)[C@@H]1CCC(=O)N(Cc2ccc(OC)cc2)C/C=C/COc2cc(OC)ccc2C(=O)C[C@H](Cc2ccccc2)C(=O)N1.COC(=O)[C@@H]1CCC(=O)N(Cc2ccc(OC)cc2)C/C=C\COc2cc(OC)ccc2C(=O)C[C@H](Cc2ccccc2)C(=O)N1. The van der Waals surface area contributed by atoms with E-state index in [2.05, 4.69) is 10.6 Å². The summed E-state index contributed by atoms with van der Waals surface area (Å²) in [5.74, 6) is -1.88. The molecule has 0 bridgehead atoms. The first-order valence-electron chi connectivity index (χ1n) is 30.3. The van der Waals surface area contributed by atoms with E-state index in [0.29, 0.717) is 58.7 Å². The lowest BCUT2D eigenvalue weighted by atomic mass is 9.90. The highest BCUT2D eigenvalue weighted by Gasteiger charge is 2.33. The van der Waals surface area contributed by atoms with E-state index in [0.717, 1.165) is 22.3 Å². The molecule has 6 aromatic rings. The molecule has 4 amide bonds. The Kier molecular flexibility index (Phi) is 28.7. The van der Waals surface area contributed by atoms with Gasteiger partial charge in [0.15, 0.2) is 11.6 Å². The minimum atomic E-state index is -1.08. The van der Waals surface area contributed by atoms with Crippen molar-refractivity contribution < 1.29 is 76.3 Å². The van der Waals surface area contributed by atoms with Gasteiger partial charge in [0, 0.05) is 75.8 Å². The van der Waals surface area contributed by atoms with Crippen LogP contribution in [0.3, 0.4) is 0 Å². The van der Waals surface area contributed by atoms with Gasteiger partial charge in [-0.3, -0.25) is 28.8 Å². The summed E-state index contributed by atoms with van der Waals surface area (Å²) in [5, 5.41) is 5.55. The highest BCUT2D eigenvalue weighted by Crippen LogP contribution is 2.31. The summed E-state index contributed by atoms with van der Waals surface area (Å²) < 4.78 is 43.2. The third-order valence-corrected chi connectivity index (χ3v) is 15.6. The monoisotopic (exact) mass is 1270 g/mol. The van der Waals surface area contributed by atoms with Crippen molar-refractivity contribution in [1.82, 2.24) is 20.4 Å². The van der Waals surface area contributed by atoms with Crippen LogP contribution in [-0.4, -0.2) is 138 Å². The van der Waals surface area contributed by atoms with Crippen molar-refractivity contribution in [2.45, 2.75) is 84.0 Å². The zero-order chi connectivity index (χ0) is 65.8. The Morgan fingerprint density at radius 3 is 1.15 bits per heavy atom. The maximum Gasteiger partial charge on any atom is 0.328 e. The van der Waals surface area contributed by atoms with Gasteiger partial charge in [-0.25, -0.2) is 9.59 Å². The number of Topliss-reactive ketones (excluding diaryl/α,β-unsaturated/α-hetero) is 2. The van der Waals surface area contributed by atoms with Gasteiger partial charge in [-0.1, -0.05) is 105 Å². The molecule has 0 spiro atoms. The number of hydrogen-bond donors (Lipinski definition) is 2. The summed E-state index contributed by atoms with van der Waals surface area (Å²) in [6.07, 6.45) is 7.45. The summed E-state index contributed by atoms with van der Waals surface area (Å²) in [6, 6.07) is 41.2. The molecule has 0 aliphatic carbocycles.